The molecular weight excluding hydrogens is 288 g/mol. The van der Waals surface area contributed by atoms with E-state index in [1.807, 2.05) is 55.5 Å². The maximum absolute atomic E-state index is 11.3. The summed E-state index contributed by atoms with van der Waals surface area (Å²) in [6.45, 7) is 4.09. The van der Waals surface area contributed by atoms with Crippen LogP contribution in [-0.4, -0.2) is 11.0 Å². The fraction of sp³-hybridized carbons (Fsp3) is 0.263. The first-order valence-corrected chi connectivity index (χ1v) is 7.76. The van der Waals surface area contributed by atoms with Crippen LogP contribution in [0.3, 0.4) is 0 Å². The van der Waals surface area contributed by atoms with Crippen molar-refractivity contribution < 1.29 is 4.92 Å². The van der Waals surface area contributed by atoms with Gasteiger partial charge in [-0.25, -0.2) is 0 Å². The summed E-state index contributed by atoms with van der Waals surface area (Å²) >= 11 is 0. The lowest BCUT2D eigenvalue weighted by Crippen LogP contribution is -2.48. The first-order valence-electron chi connectivity index (χ1n) is 7.76. The topological polar surface area (TPSA) is 55.2 Å². The van der Waals surface area contributed by atoms with Gasteiger partial charge in [-0.15, -0.1) is 0 Å². The Bertz CT molecular complexity index is 728. The van der Waals surface area contributed by atoms with Crippen LogP contribution in [0.25, 0.3) is 0 Å². The number of rotatable bonds is 3. The van der Waals surface area contributed by atoms with Gasteiger partial charge < -0.3 is 10.1 Å². The summed E-state index contributed by atoms with van der Waals surface area (Å²) in [7, 11) is 0. The Morgan fingerprint density at radius 2 is 1.61 bits per heavy atom. The Kier molecular flexibility index (Phi) is 3.90. The van der Waals surface area contributed by atoms with Gasteiger partial charge in [0.05, 0.1) is 6.04 Å². The predicted octanol–water partition coefficient (Wildman–Crippen LogP) is 3.84. The van der Waals surface area contributed by atoms with E-state index in [2.05, 4.69) is 24.4 Å². The van der Waals surface area contributed by atoms with Crippen LogP contribution in [0.15, 0.2) is 72.6 Å². The zero-order valence-corrected chi connectivity index (χ0v) is 13.3. The molecule has 3 unspecified atom stereocenters. The van der Waals surface area contributed by atoms with Crippen LogP contribution in [0.4, 0.5) is 0 Å². The molecule has 0 saturated carbocycles. The van der Waals surface area contributed by atoms with Crippen molar-refractivity contribution in [3.63, 3.8) is 0 Å². The fourth-order valence-corrected chi connectivity index (χ4v) is 3.71. The van der Waals surface area contributed by atoms with Gasteiger partial charge in [0.25, 0.3) is 0 Å². The van der Waals surface area contributed by atoms with E-state index in [0.29, 0.717) is 0 Å². The SMILES string of the molecule is CC1NC([N+](=O)[O-])=CC(C)(c2ccccc2)C1c1ccccc1. The molecule has 1 aliphatic heterocycles. The lowest BCUT2D eigenvalue weighted by atomic mass is 9.64. The smallest absolute Gasteiger partial charge is 0.313 e. The van der Waals surface area contributed by atoms with Gasteiger partial charge in [0.1, 0.15) is 0 Å². The number of nitro groups is 1. The van der Waals surface area contributed by atoms with Crippen LogP contribution in [0, 0.1) is 10.1 Å². The summed E-state index contributed by atoms with van der Waals surface area (Å²) < 4.78 is 0. The molecule has 1 heterocycles. The van der Waals surface area contributed by atoms with Gasteiger partial charge in [0.15, 0.2) is 0 Å². The van der Waals surface area contributed by atoms with Crippen molar-refractivity contribution in [3.05, 3.63) is 93.8 Å². The van der Waals surface area contributed by atoms with Gasteiger partial charge >= 0.3 is 5.82 Å². The lowest BCUT2D eigenvalue weighted by molar-refractivity contribution is -0.434. The third-order valence-electron chi connectivity index (χ3n) is 4.71. The summed E-state index contributed by atoms with van der Waals surface area (Å²) in [4.78, 5) is 11.0. The van der Waals surface area contributed by atoms with E-state index in [9.17, 15) is 10.1 Å². The molecule has 3 atom stereocenters. The van der Waals surface area contributed by atoms with Crippen LogP contribution in [-0.2, 0) is 5.41 Å². The van der Waals surface area contributed by atoms with Gasteiger partial charge in [0, 0.05) is 17.4 Å². The minimum atomic E-state index is -0.449. The largest absolute Gasteiger partial charge is 0.358 e. The number of hydrogen-bond donors (Lipinski definition) is 1. The Labute approximate surface area is 136 Å². The second-order valence-electron chi connectivity index (χ2n) is 6.26. The fourth-order valence-electron chi connectivity index (χ4n) is 3.71. The van der Waals surface area contributed by atoms with Gasteiger partial charge in [-0.2, -0.15) is 0 Å². The summed E-state index contributed by atoms with van der Waals surface area (Å²) in [5.41, 5.74) is 1.81. The van der Waals surface area contributed by atoms with Crippen LogP contribution in [0.1, 0.15) is 30.9 Å². The Morgan fingerprint density at radius 1 is 1.04 bits per heavy atom. The Balaban J connectivity index is 2.19. The molecule has 0 aromatic heterocycles. The maximum atomic E-state index is 11.3. The summed E-state index contributed by atoms with van der Waals surface area (Å²) in [6.07, 6.45) is 1.76. The van der Waals surface area contributed by atoms with E-state index in [1.165, 1.54) is 5.56 Å². The number of hydrogen-bond acceptors (Lipinski definition) is 3. The molecule has 3 rings (SSSR count). The van der Waals surface area contributed by atoms with E-state index in [4.69, 9.17) is 0 Å². The highest BCUT2D eigenvalue weighted by molar-refractivity contribution is 5.41. The molecule has 4 nitrogen and oxygen atoms in total. The molecule has 2 aromatic rings. The van der Waals surface area contributed by atoms with Gasteiger partial charge in [0.2, 0.25) is 0 Å². The molecule has 0 saturated heterocycles. The van der Waals surface area contributed by atoms with Crippen molar-refractivity contribution >= 4 is 0 Å². The quantitative estimate of drug-likeness (QED) is 0.692. The second kappa shape index (κ2) is 5.88. The monoisotopic (exact) mass is 308 g/mol. The molecule has 1 aliphatic rings. The second-order valence-corrected chi connectivity index (χ2v) is 6.26. The van der Waals surface area contributed by atoms with E-state index in [1.54, 1.807) is 6.08 Å². The van der Waals surface area contributed by atoms with Crippen molar-refractivity contribution in [2.75, 3.05) is 0 Å². The van der Waals surface area contributed by atoms with Crippen molar-refractivity contribution in [2.24, 2.45) is 0 Å². The lowest BCUT2D eigenvalue weighted by Gasteiger charge is -2.41. The Hall–Kier alpha value is -2.62. The third-order valence-corrected chi connectivity index (χ3v) is 4.71. The number of allylic oxidation sites excluding steroid dienone is 1. The van der Waals surface area contributed by atoms with Gasteiger partial charge in [-0.3, -0.25) is 5.32 Å². The molecule has 0 spiro atoms. The molecule has 118 valence electrons. The molecule has 2 aromatic carbocycles. The average molecular weight is 308 g/mol. The first kappa shape index (κ1) is 15.3. The van der Waals surface area contributed by atoms with Crippen molar-refractivity contribution in [1.29, 1.82) is 0 Å². The zero-order chi connectivity index (χ0) is 16.4. The minimum absolute atomic E-state index is 0.0481. The normalized spacial score (nSPS) is 27.0. The first-order chi connectivity index (χ1) is 11.0. The van der Waals surface area contributed by atoms with Crippen molar-refractivity contribution in [3.8, 4) is 0 Å². The van der Waals surface area contributed by atoms with Crippen LogP contribution < -0.4 is 5.32 Å². The van der Waals surface area contributed by atoms with E-state index in [-0.39, 0.29) is 22.7 Å². The molecule has 0 aliphatic carbocycles. The predicted molar refractivity (Wildman–Crippen MR) is 90.7 cm³/mol. The molecule has 0 radical (unpaired) electrons. The van der Waals surface area contributed by atoms with Gasteiger partial charge in [-0.1, -0.05) is 67.6 Å². The average Bonchev–Trinajstić information content (AvgIpc) is 2.56. The zero-order valence-electron chi connectivity index (χ0n) is 13.3. The molecule has 23 heavy (non-hydrogen) atoms. The summed E-state index contributed by atoms with van der Waals surface area (Å²) in [5.74, 6) is 0.186. The number of nitrogens with zero attached hydrogens (tertiary/aromatic N) is 1. The van der Waals surface area contributed by atoms with Crippen molar-refractivity contribution in [2.45, 2.75) is 31.2 Å². The molecule has 0 fully saturated rings. The number of benzene rings is 2. The van der Waals surface area contributed by atoms with Crippen LogP contribution in [0.5, 0.6) is 0 Å². The van der Waals surface area contributed by atoms with Crippen LogP contribution in [0.2, 0.25) is 0 Å². The molecule has 0 amide bonds. The van der Waals surface area contributed by atoms with Gasteiger partial charge in [-0.05, 0) is 23.0 Å². The van der Waals surface area contributed by atoms with Crippen molar-refractivity contribution in [1.82, 2.24) is 5.32 Å². The summed E-state index contributed by atoms with van der Waals surface area (Å²) in [6, 6.07) is 20.2. The molecular formula is C19H20N2O2. The minimum Gasteiger partial charge on any atom is -0.358 e. The maximum Gasteiger partial charge on any atom is 0.313 e. The highest BCUT2D eigenvalue weighted by atomic mass is 16.6. The highest BCUT2D eigenvalue weighted by Gasteiger charge is 2.45. The molecule has 0 bridgehead atoms. The molecule has 1 N–H and O–H groups in total. The standard InChI is InChI=1S/C19H20N2O2/c1-14-18(15-9-5-3-6-10-15)19(2,13-17(20-14)21(22)23)16-11-7-4-8-12-16/h3-14,18,20H,1-2H3. The van der Waals surface area contributed by atoms with Crippen LogP contribution >= 0.6 is 0 Å². The molecule has 4 heteroatoms. The van der Waals surface area contributed by atoms with E-state index >= 15 is 0 Å². The number of nitrogens with one attached hydrogen (secondary N) is 1. The Morgan fingerprint density at radius 3 is 2.17 bits per heavy atom. The van der Waals surface area contributed by atoms with E-state index < -0.39 is 5.41 Å². The summed E-state index contributed by atoms with van der Waals surface area (Å²) in [5, 5.41) is 14.4. The van der Waals surface area contributed by atoms with E-state index in [0.717, 1.165) is 5.56 Å². The highest BCUT2D eigenvalue weighted by Crippen LogP contribution is 2.45. The third kappa shape index (κ3) is 2.72.